The Morgan fingerprint density at radius 3 is 2.59 bits per heavy atom. The number of carbonyl (C=O) groups is 1. The first-order valence-electron chi connectivity index (χ1n) is 8.42. The Labute approximate surface area is 162 Å². The minimum Gasteiger partial charge on any atom is -0.399 e. The first kappa shape index (κ1) is 20.1. The molecule has 3 aromatic rings. The highest BCUT2D eigenvalue weighted by Crippen LogP contribution is 2.32. The van der Waals surface area contributed by atoms with Gasteiger partial charge in [0, 0.05) is 18.8 Å². The molecule has 152 valence electrons. The lowest BCUT2D eigenvalue weighted by atomic mass is 10.0. The normalized spacial score (nSPS) is 12.6. The van der Waals surface area contributed by atoms with Gasteiger partial charge in [0.25, 0.3) is 11.5 Å². The predicted molar refractivity (Wildman–Crippen MR) is 98.3 cm³/mol. The number of nitrogens with zero attached hydrogens (tertiary/aromatic N) is 4. The average molecular weight is 406 g/mol. The highest BCUT2D eigenvalue weighted by Gasteiger charge is 2.31. The quantitative estimate of drug-likeness (QED) is 0.645. The lowest BCUT2D eigenvalue weighted by Crippen LogP contribution is -2.30. The van der Waals surface area contributed by atoms with Gasteiger partial charge >= 0.3 is 6.18 Å². The van der Waals surface area contributed by atoms with E-state index in [0.29, 0.717) is 5.69 Å². The molecule has 0 fully saturated rings. The number of hydrogen-bond acceptors (Lipinski definition) is 5. The topological polar surface area (TPSA) is 108 Å². The van der Waals surface area contributed by atoms with E-state index in [1.165, 1.54) is 36.0 Å². The van der Waals surface area contributed by atoms with Crippen LogP contribution in [-0.2, 0) is 13.2 Å². The van der Waals surface area contributed by atoms with Crippen LogP contribution in [0.4, 0.5) is 18.9 Å². The monoisotopic (exact) mass is 406 g/mol. The number of nitrogens with one attached hydrogen (secondary N) is 1. The molecule has 0 unspecified atom stereocenters. The highest BCUT2D eigenvalue weighted by atomic mass is 19.4. The molecule has 1 amide bonds. The Bertz CT molecular complexity index is 1120. The fourth-order valence-corrected chi connectivity index (χ4v) is 2.68. The number of amides is 1. The highest BCUT2D eigenvalue weighted by molar-refractivity contribution is 5.92. The Kier molecular flexibility index (Phi) is 5.14. The number of nitrogen functional groups attached to an aromatic ring is 1. The van der Waals surface area contributed by atoms with Gasteiger partial charge in [0.2, 0.25) is 0 Å². The molecule has 0 bridgehead atoms. The molecule has 29 heavy (non-hydrogen) atoms. The van der Waals surface area contributed by atoms with Crippen LogP contribution in [0, 0.1) is 0 Å². The van der Waals surface area contributed by atoms with Crippen LogP contribution in [0.25, 0.3) is 5.69 Å². The summed E-state index contributed by atoms with van der Waals surface area (Å²) in [4.78, 5) is 24.6. The maximum atomic E-state index is 13.0. The van der Waals surface area contributed by atoms with Crippen molar-refractivity contribution in [2.75, 3.05) is 5.73 Å². The molecule has 0 aliphatic heterocycles. The zero-order valence-corrected chi connectivity index (χ0v) is 15.4. The van der Waals surface area contributed by atoms with E-state index < -0.39 is 29.2 Å². The van der Waals surface area contributed by atoms with E-state index >= 15 is 0 Å². The number of carbonyl (C=O) groups excluding carboxylic acids is 1. The Morgan fingerprint density at radius 1 is 1.24 bits per heavy atom. The summed E-state index contributed by atoms with van der Waals surface area (Å²) in [5.41, 5.74) is 4.60. The molecule has 2 heterocycles. The van der Waals surface area contributed by atoms with Gasteiger partial charge < -0.3 is 11.1 Å². The van der Waals surface area contributed by atoms with Crippen LogP contribution < -0.4 is 16.6 Å². The van der Waals surface area contributed by atoms with Gasteiger partial charge in [0.1, 0.15) is 11.4 Å². The van der Waals surface area contributed by atoms with E-state index in [1.807, 2.05) is 0 Å². The van der Waals surface area contributed by atoms with Crippen LogP contribution in [0.5, 0.6) is 0 Å². The number of halogens is 3. The van der Waals surface area contributed by atoms with Gasteiger partial charge in [-0.15, -0.1) is 0 Å². The number of alkyl halides is 3. The van der Waals surface area contributed by atoms with E-state index in [2.05, 4.69) is 15.5 Å². The second kappa shape index (κ2) is 7.41. The minimum atomic E-state index is -4.56. The fourth-order valence-electron chi connectivity index (χ4n) is 2.68. The van der Waals surface area contributed by atoms with Crippen molar-refractivity contribution in [3.05, 3.63) is 69.9 Å². The standard InChI is InChI=1S/C18H17F3N6O2/c1-10(11-5-12(18(19,20)21)7-13(22)6-11)24-17(29)15-3-4-16(28)27(25-15)14-8-23-26(2)9-14/h3-10H,22H2,1-2H3,(H,24,29)/t10-/m1/s1. The van der Waals surface area contributed by atoms with Crippen LogP contribution in [0.15, 0.2) is 47.5 Å². The zero-order chi connectivity index (χ0) is 21.3. The number of aryl methyl sites for hydroxylation is 1. The minimum absolute atomic E-state index is 0.0702. The first-order valence-corrected chi connectivity index (χ1v) is 8.42. The summed E-state index contributed by atoms with van der Waals surface area (Å²) in [5, 5.41) is 10.5. The van der Waals surface area contributed by atoms with Crippen molar-refractivity contribution in [1.29, 1.82) is 0 Å². The Balaban J connectivity index is 1.86. The Hall–Kier alpha value is -3.63. The summed E-state index contributed by atoms with van der Waals surface area (Å²) in [5.74, 6) is -0.661. The summed E-state index contributed by atoms with van der Waals surface area (Å²) in [7, 11) is 1.66. The van der Waals surface area contributed by atoms with E-state index in [9.17, 15) is 22.8 Å². The molecule has 0 radical (unpaired) electrons. The van der Waals surface area contributed by atoms with Gasteiger partial charge in [-0.25, -0.2) is 0 Å². The third-order valence-corrected chi connectivity index (χ3v) is 4.12. The Morgan fingerprint density at radius 2 is 1.97 bits per heavy atom. The number of nitrogens with two attached hydrogens (primary N) is 1. The van der Waals surface area contributed by atoms with Crippen molar-refractivity contribution in [2.45, 2.75) is 19.1 Å². The van der Waals surface area contributed by atoms with Gasteiger partial charge in [0.05, 0.1) is 24.0 Å². The summed E-state index contributed by atoms with van der Waals surface area (Å²) >= 11 is 0. The molecule has 3 N–H and O–H groups in total. The molecule has 0 aliphatic carbocycles. The third-order valence-electron chi connectivity index (χ3n) is 4.12. The van der Waals surface area contributed by atoms with E-state index in [0.717, 1.165) is 16.8 Å². The molecular formula is C18H17F3N6O2. The zero-order valence-electron chi connectivity index (χ0n) is 15.4. The van der Waals surface area contributed by atoms with Crippen molar-refractivity contribution < 1.29 is 18.0 Å². The molecule has 2 aromatic heterocycles. The molecule has 0 saturated heterocycles. The van der Waals surface area contributed by atoms with Crippen LogP contribution in [0.1, 0.15) is 34.6 Å². The molecule has 0 spiro atoms. The second-order valence-corrected chi connectivity index (χ2v) is 6.42. The number of aromatic nitrogens is 4. The summed E-state index contributed by atoms with van der Waals surface area (Å²) in [6, 6.07) is 4.71. The largest absolute Gasteiger partial charge is 0.416 e. The molecular weight excluding hydrogens is 389 g/mol. The van der Waals surface area contributed by atoms with Crippen LogP contribution >= 0.6 is 0 Å². The number of benzene rings is 1. The number of rotatable bonds is 4. The number of hydrogen-bond donors (Lipinski definition) is 2. The molecule has 1 aromatic carbocycles. The maximum Gasteiger partial charge on any atom is 0.416 e. The number of anilines is 1. The van der Waals surface area contributed by atoms with Crippen molar-refractivity contribution in [1.82, 2.24) is 24.9 Å². The van der Waals surface area contributed by atoms with Gasteiger partial charge in [-0.2, -0.15) is 28.1 Å². The third kappa shape index (κ3) is 4.45. The predicted octanol–water partition coefficient (Wildman–Crippen LogP) is 2.06. The second-order valence-electron chi connectivity index (χ2n) is 6.42. The SMILES string of the molecule is C[C@@H](NC(=O)c1ccc(=O)n(-c2cnn(C)c2)n1)c1cc(N)cc(C(F)(F)F)c1. The summed E-state index contributed by atoms with van der Waals surface area (Å²) in [6.07, 6.45) is -1.61. The van der Waals surface area contributed by atoms with Crippen molar-refractivity contribution in [2.24, 2.45) is 7.05 Å². The summed E-state index contributed by atoms with van der Waals surface area (Å²) < 4.78 is 41.5. The van der Waals surface area contributed by atoms with Gasteiger partial charge in [-0.3, -0.25) is 14.3 Å². The van der Waals surface area contributed by atoms with Gasteiger partial charge in [-0.05, 0) is 36.8 Å². The molecule has 0 aliphatic rings. The fraction of sp³-hybridized carbons (Fsp3) is 0.222. The first-order chi connectivity index (χ1) is 13.5. The average Bonchev–Trinajstić information content (AvgIpc) is 3.06. The summed E-state index contributed by atoms with van der Waals surface area (Å²) in [6.45, 7) is 1.52. The molecule has 11 heteroatoms. The van der Waals surface area contributed by atoms with Crippen molar-refractivity contribution in [3.63, 3.8) is 0 Å². The molecule has 0 saturated carbocycles. The lowest BCUT2D eigenvalue weighted by molar-refractivity contribution is -0.137. The lowest BCUT2D eigenvalue weighted by Gasteiger charge is -2.17. The maximum absolute atomic E-state index is 13.0. The van der Waals surface area contributed by atoms with Crippen molar-refractivity contribution in [3.8, 4) is 5.69 Å². The van der Waals surface area contributed by atoms with E-state index in [-0.39, 0.29) is 16.9 Å². The van der Waals surface area contributed by atoms with Gasteiger partial charge in [-0.1, -0.05) is 0 Å². The van der Waals surface area contributed by atoms with Crippen LogP contribution in [-0.4, -0.2) is 25.5 Å². The van der Waals surface area contributed by atoms with Gasteiger partial charge in [0.15, 0.2) is 0 Å². The molecule has 8 nitrogen and oxygen atoms in total. The smallest absolute Gasteiger partial charge is 0.399 e. The van der Waals surface area contributed by atoms with E-state index in [4.69, 9.17) is 5.73 Å². The molecule has 3 rings (SSSR count). The van der Waals surface area contributed by atoms with Crippen LogP contribution in [0.2, 0.25) is 0 Å². The van der Waals surface area contributed by atoms with Crippen LogP contribution in [0.3, 0.4) is 0 Å². The van der Waals surface area contributed by atoms with E-state index in [1.54, 1.807) is 13.2 Å². The van der Waals surface area contributed by atoms with Crippen molar-refractivity contribution >= 4 is 11.6 Å². The molecule has 1 atom stereocenters.